The van der Waals surface area contributed by atoms with E-state index in [0.29, 0.717) is 36.4 Å². The van der Waals surface area contributed by atoms with E-state index in [9.17, 15) is 4.79 Å². The zero-order chi connectivity index (χ0) is 16.0. The predicted octanol–water partition coefficient (Wildman–Crippen LogP) is 2.40. The molecule has 0 radical (unpaired) electrons. The van der Waals surface area contributed by atoms with Crippen molar-refractivity contribution >= 4 is 5.91 Å². The SMILES string of the molecule is C#CCCC1(CCNC(=O)c2cccc(OC)c2OC)N=N1. The van der Waals surface area contributed by atoms with Crippen molar-refractivity contribution in [2.75, 3.05) is 20.8 Å². The molecule has 6 nitrogen and oxygen atoms in total. The number of amides is 1. The molecule has 0 fully saturated rings. The van der Waals surface area contributed by atoms with Crippen LogP contribution in [-0.4, -0.2) is 32.3 Å². The molecule has 0 spiro atoms. The highest BCUT2D eigenvalue weighted by atomic mass is 16.5. The lowest BCUT2D eigenvalue weighted by molar-refractivity contribution is 0.0948. The second-order valence-corrected chi connectivity index (χ2v) is 4.93. The molecule has 1 aliphatic rings. The normalized spacial score (nSPS) is 14.0. The number of carbonyl (C=O) groups is 1. The lowest BCUT2D eigenvalue weighted by atomic mass is 10.0. The van der Waals surface area contributed by atoms with Crippen LogP contribution in [0.4, 0.5) is 0 Å². The van der Waals surface area contributed by atoms with Crippen LogP contribution in [0.25, 0.3) is 0 Å². The molecule has 0 atom stereocenters. The number of nitrogens with one attached hydrogen (secondary N) is 1. The van der Waals surface area contributed by atoms with Crippen LogP contribution in [0.1, 0.15) is 29.6 Å². The second kappa shape index (κ2) is 6.94. The summed E-state index contributed by atoms with van der Waals surface area (Å²) in [5, 5.41) is 10.9. The third-order valence-electron chi connectivity index (χ3n) is 3.51. The first kappa shape index (κ1) is 15.8. The first-order chi connectivity index (χ1) is 10.7. The van der Waals surface area contributed by atoms with Crippen molar-refractivity contribution < 1.29 is 14.3 Å². The maximum atomic E-state index is 12.3. The van der Waals surface area contributed by atoms with Gasteiger partial charge in [0.25, 0.3) is 5.91 Å². The molecule has 0 saturated carbocycles. The van der Waals surface area contributed by atoms with Gasteiger partial charge in [0.2, 0.25) is 0 Å². The van der Waals surface area contributed by atoms with Gasteiger partial charge in [-0.3, -0.25) is 4.79 Å². The summed E-state index contributed by atoms with van der Waals surface area (Å²) < 4.78 is 10.4. The van der Waals surface area contributed by atoms with Crippen LogP contribution in [0.2, 0.25) is 0 Å². The Morgan fingerprint density at radius 2 is 2.09 bits per heavy atom. The van der Waals surface area contributed by atoms with Gasteiger partial charge < -0.3 is 14.8 Å². The summed E-state index contributed by atoms with van der Waals surface area (Å²) >= 11 is 0. The first-order valence-corrected chi connectivity index (χ1v) is 7.02. The van der Waals surface area contributed by atoms with Crippen molar-refractivity contribution in [3.63, 3.8) is 0 Å². The van der Waals surface area contributed by atoms with Gasteiger partial charge in [-0.1, -0.05) is 6.07 Å². The van der Waals surface area contributed by atoms with Crippen LogP contribution < -0.4 is 14.8 Å². The Hall–Kier alpha value is -2.55. The smallest absolute Gasteiger partial charge is 0.255 e. The van der Waals surface area contributed by atoms with E-state index in [1.54, 1.807) is 18.2 Å². The van der Waals surface area contributed by atoms with Crippen LogP contribution in [0.15, 0.2) is 28.4 Å². The average molecular weight is 301 g/mol. The maximum Gasteiger partial charge on any atom is 0.255 e. The topological polar surface area (TPSA) is 72.3 Å². The van der Waals surface area contributed by atoms with E-state index in [1.807, 2.05) is 0 Å². The lowest BCUT2D eigenvalue weighted by Gasteiger charge is -2.13. The summed E-state index contributed by atoms with van der Waals surface area (Å²) in [4.78, 5) is 12.3. The molecule has 2 rings (SSSR count). The molecule has 6 heteroatoms. The largest absolute Gasteiger partial charge is 0.493 e. The van der Waals surface area contributed by atoms with E-state index in [2.05, 4.69) is 21.5 Å². The minimum absolute atomic E-state index is 0.219. The Kier molecular flexibility index (Phi) is 4.99. The number of ether oxygens (including phenoxy) is 2. The highest BCUT2D eigenvalue weighted by Crippen LogP contribution is 2.36. The van der Waals surface area contributed by atoms with E-state index in [4.69, 9.17) is 15.9 Å². The molecular formula is C16H19N3O3. The monoisotopic (exact) mass is 301 g/mol. The molecular weight excluding hydrogens is 282 g/mol. The van der Waals surface area contributed by atoms with Crippen molar-refractivity contribution in [2.24, 2.45) is 10.2 Å². The number of carbonyl (C=O) groups excluding carboxylic acids is 1. The van der Waals surface area contributed by atoms with Crippen LogP contribution in [0.3, 0.4) is 0 Å². The highest BCUT2D eigenvalue weighted by Gasteiger charge is 2.38. The van der Waals surface area contributed by atoms with Crippen molar-refractivity contribution in [1.82, 2.24) is 5.32 Å². The second-order valence-electron chi connectivity index (χ2n) is 4.93. The number of hydrogen-bond acceptors (Lipinski definition) is 5. The Bertz CT molecular complexity index is 614. The highest BCUT2D eigenvalue weighted by molar-refractivity contribution is 5.97. The Labute approximate surface area is 129 Å². The molecule has 1 aromatic rings. The Balaban J connectivity index is 1.92. The van der Waals surface area contributed by atoms with Crippen LogP contribution in [0.5, 0.6) is 11.5 Å². The summed E-state index contributed by atoms with van der Waals surface area (Å²) in [5.41, 5.74) is 0.0437. The molecule has 0 saturated heterocycles. The number of benzene rings is 1. The van der Waals surface area contributed by atoms with Crippen molar-refractivity contribution in [2.45, 2.75) is 24.9 Å². The van der Waals surface area contributed by atoms with Crippen molar-refractivity contribution in [3.05, 3.63) is 23.8 Å². The van der Waals surface area contributed by atoms with Gasteiger partial charge in [0, 0.05) is 25.8 Å². The number of methoxy groups -OCH3 is 2. The van der Waals surface area contributed by atoms with Crippen LogP contribution >= 0.6 is 0 Å². The van der Waals surface area contributed by atoms with Crippen LogP contribution in [-0.2, 0) is 0 Å². The molecule has 1 aliphatic heterocycles. The first-order valence-electron chi connectivity index (χ1n) is 7.02. The summed E-state index contributed by atoms with van der Waals surface area (Å²) in [6.07, 6.45) is 7.25. The lowest BCUT2D eigenvalue weighted by Crippen LogP contribution is -2.28. The van der Waals surface area contributed by atoms with Gasteiger partial charge in [0.15, 0.2) is 17.2 Å². The summed E-state index contributed by atoms with van der Waals surface area (Å²) in [6, 6.07) is 5.18. The van der Waals surface area contributed by atoms with Crippen molar-refractivity contribution in [3.8, 4) is 23.8 Å². The van der Waals surface area contributed by atoms with Crippen LogP contribution in [0, 0.1) is 12.3 Å². The molecule has 1 N–H and O–H groups in total. The fourth-order valence-corrected chi connectivity index (χ4v) is 2.21. The fraction of sp³-hybridized carbons (Fsp3) is 0.438. The van der Waals surface area contributed by atoms with E-state index >= 15 is 0 Å². The van der Waals surface area contributed by atoms with E-state index in [1.165, 1.54) is 14.2 Å². The summed E-state index contributed by atoms with van der Waals surface area (Å²) in [6.45, 7) is 0.469. The Morgan fingerprint density at radius 1 is 1.32 bits per heavy atom. The zero-order valence-electron chi connectivity index (χ0n) is 12.8. The van der Waals surface area contributed by atoms with Gasteiger partial charge in [-0.25, -0.2) is 0 Å². The van der Waals surface area contributed by atoms with Gasteiger partial charge in [-0.15, -0.1) is 12.3 Å². The number of rotatable bonds is 8. The average Bonchev–Trinajstić information content (AvgIpc) is 3.32. The predicted molar refractivity (Wildman–Crippen MR) is 82.2 cm³/mol. The molecule has 0 aliphatic carbocycles. The van der Waals surface area contributed by atoms with E-state index in [-0.39, 0.29) is 5.91 Å². The molecule has 116 valence electrons. The van der Waals surface area contributed by atoms with Gasteiger partial charge in [-0.05, 0) is 12.1 Å². The molecule has 0 unspecified atom stereocenters. The molecule has 1 aromatic carbocycles. The molecule has 0 aromatic heterocycles. The molecule has 0 bridgehead atoms. The minimum atomic E-state index is -0.391. The molecule has 1 heterocycles. The zero-order valence-corrected chi connectivity index (χ0v) is 12.8. The number of nitrogens with zero attached hydrogens (tertiary/aromatic N) is 2. The third kappa shape index (κ3) is 3.55. The number of terminal acetylenes is 1. The maximum absolute atomic E-state index is 12.3. The van der Waals surface area contributed by atoms with E-state index in [0.717, 1.165) is 6.42 Å². The van der Waals surface area contributed by atoms with Gasteiger partial charge in [0.1, 0.15) is 0 Å². The fourth-order valence-electron chi connectivity index (χ4n) is 2.21. The van der Waals surface area contributed by atoms with Gasteiger partial charge >= 0.3 is 0 Å². The standard InChI is InChI=1S/C16H19N3O3/c1-4-5-9-16(18-19-16)10-11-17-15(20)12-7-6-8-13(21-2)14(12)22-3/h1,6-8H,5,9-11H2,2-3H3,(H,17,20). The molecule has 22 heavy (non-hydrogen) atoms. The summed E-state index contributed by atoms with van der Waals surface area (Å²) in [5.74, 6) is 3.30. The quantitative estimate of drug-likeness (QED) is 0.749. The third-order valence-corrected chi connectivity index (χ3v) is 3.51. The Morgan fingerprint density at radius 3 is 2.68 bits per heavy atom. The number of para-hydroxylation sites is 1. The minimum Gasteiger partial charge on any atom is -0.493 e. The van der Waals surface area contributed by atoms with Gasteiger partial charge in [0.05, 0.1) is 19.8 Å². The summed E-state index contributed by atoms with van der Waals surface area (Å²) in [7, 11) is 3.04. The molecule has 1 amide bonds. The van der Waals surface area contributed by atoms with E-state index < -0.39 is 5.66 Å². The van der Waals surface area contributed by atoms with Crippen molar-refractivity contribution in [1.29, 1.82) is 0 Å². The van der Waals surface area contributed by atoms with Gasteiger partial charge in [-0.2, -0.15) is 10.2 Å². The number of hydrogen-bond donors (Lipinski definition) is 1.